The molecule has 1 heterocycles. The molecule has 2 N–H and O–H groups in total. The summed E-state index contributed by atoms with van der Waals surface area (Å²) < 4.78 is 1.80. The van der Waals surface area contributed by atoms with Crippen molar-refractivity contribution in [2.75, 3.05) is 12.4 Å². The molecule has 1 aromatic carbocycles. The highest BCUT2D eigenvalue weighted by atomic mass is 16.4. The summed E-state index contributed by atoms with van der Waals surface area (Å²) in [5.41, 5.74) is 1.08. The highest BCUT2D eigenvalue weighted by molar-refractivity contribution is 5.88. The first kappa shape index (κ1) is 11.1. The first-order valence-electron chi connectivity index (χ1n) is 5.04. The smallest absolute Gasteiger partial charge is 0.335 e. The van der Waals surface area contributed by atoms with Gasteiger partial charge in [-0.05, 0) is 12.1 Å². The molecule has 0 radical (unpaired) electrons. The molecule has 0 saturated carbocycles. The third-order valence-corrected chi connectivity index (χ3v) is 2.49. The highest BCUT2D eigenvalue weighted by Crippen LogP contribution is 2.19. The maximum atomic E-state index is 10.7. The Hall–Kier alpha value is -2.37. The van der Waals surface area contributed by atoms with Gasteiger partial charge in [-0.2, -0.15) is 0 Å². The first-order valence-corrected chi connectivity index (χ1v) is 5.04. The molecule has 0 fully saturated rings. The quantitative estimate of drug-likeness (QED) is 0.831. The molecule has 0 spiro atoms. The van der Waals surface area contributed by atoms with Gasteiger partial charge >= 0.3 is 5.97 Å². The summed E-state index contributed by atoms with van der Waals surface area (Å²) in [5.74, 6) is 0.402. The van der Waals surface area contributed by atoms with Crippen LogP contribution in [0.3, 0.4) is 0 Å². The van der Waals surface area contributed by atoms with Gasteiger partial charge in [-0.3, -0.25) is 4.57 Å². The number of nitrogens with one attached hydrogen (secondary N) is 1. The Labute approximate surface area is 97.9 Å². The second-order valence-corrected chi connectivity index (χ2v) is 3.54. The van der Waals surface area contributed by atoms with Crippen LogP contribution in [0, 0.1) is 0 Å². The van der Waals surface area contributed by atoms with Gasteiger partial charge in [-0.25, -0.2) is 4.79 Å². The van der Waals surface area contributed by atoms with Gasteiger partial charge in [0.15, 0.2) is 5.82 Å². The fourth-order valence-electron chi connectivity index (χ4n) is 1.56. The van der Waals surface area contributed by atoms with Crippen molar-refractivity contribution in [1.82, 2.24) is 14.8 Å². The molecule has 6 nitrogen and oxygen atoms in total. The number of aromatic carboxylic acids is 1. The number of benzene rings is 1. The molecule has 0 amide bonds. The van der Waals surface area contributed by atoms with Crippen molar-refractivity contribution in [3.63, 3.8) is 0 Å². The van der Waals surface area contributed by atoms with Gasteiger partial charge in [0, 0.05) is 19.7 Å². The first-order chi connectivity index (χ1) is 8.13. The van der Waals surface area contributed by atoms with E-state index in [4.69, 9.17) is 5.11 Å². The Bertz CT molecular complexity index is 545. The molecular formula is C11H12N4O2. The number of anilines is 1. The molecule has 88 valence electrons. The summed E-state index contributed by atoms with van der Waals surface area (Å²) in [7, 11) is 3.60. The molecule has 6 heteroatoms. The number of nitrogens with zero attached hydrogens (tertiary/aromatic N) is 3. The van der Waals surface area contributed by atoms with Crippen LogP contribution in [-0.4, -0.2) is 32.9 Å². The lowest BCUT2D eigenvalue weighted by molar-refractivity contribution is 0.0697. The summed E-state index contributed by atoms with van der Waals surface area (Å²) in [6.07, 6.45) is 0. The summed E-state index contributed by atoms with van der Waals surface area (Å²) in [4.78, 5) is 10.7. The van der Waals surface area contributed by atoms with E-state index < -0.39 is 5.97 Å². The second kappa shape index (κ2) is 4.25. The molecule has 0 atom stereocenters. The fraction of sp³-hybridized carbons (Fsp3) is 0.182. The van der Waals surface area contributed by atoms with Crippen LogP contribution in [0.1, 0.15) is 10.4 Å². The van der Waals surface area contributed by atoms with E-state index in [2.05, 4.69) is 15.5 Å². The maximum Gasteiger partial charge on any atom is 0.335 e. The van der Waals surface area contributed by atoms with Crippen molar-refractivity contribution < 1.29 is 9.90 Å². The number of hydrogen-bond acceptors (Lipinski definition) is 4. The van der Waals surface area contributed by atoms with E-state index in [-0.39, 0.29) is 5.56 Å². The van der Waals surface area contributed by atoms with E-state index in [0.717, 1.165) is 5.56 Å². The molecule has 0 aliphatic carbocycles. The van der Waals surface area contributed by atoms with Gasteiger partial charge in [0.25, 0.3) is 0 Å². The SMILES string of the molecule is CNc1nnc(-c2ccc(C(=O)O)cc2)n1C. The van der Waals surface area contributed by atoms with Crippen molar-refractivity contribution in [3.8, 4) is 11.4 Å². The molecule has 0 saturated heterocycles. The summed E-state index contributed by atoms with van der Waals surface area (Å²) >= 11 is 0. The average molecular weight is 232 g/mol. The van der Waals surface area contributed by atoms with Gasteiger partial charge in [0.2, 0.25) is 5.95 Å². The Balaban J connectivity index is 2.39. The second-order valence-electron chi connectivity index (χ2n) is 3.54. The van der Waals surface area contributed by atoms with Crippen LogP contribution >= 0.6 is 0 Å². The Morgan fingerprint density at radius 1 is 1.29 bits per heavy atom. The minimum atomic E-state index is -0.939. The third kappa shape index (κ3) is 1.96. The topological polar surface area (TPSA) is 80.0 Å². The van der Waals surface area contributed by atoms with Gasteiger partial charge in [-0.1, -0.05) is 12.1 Å². The predicted octanol–water partition coefficient (Wildman–Crippen LogP) is 1.22. The third-order valence-electron chi connectivity index (χ3n) is 2.49. The summed E-state index contributed by atoms with van der Waals surface area (Å²) in [5, 5.41) is 19.7. The normalized spacial score (nSPS) is 10.2. The molecule has 0 bridgehead atoms. The fourth-order valence-corrected chi connectivity index (χ4v) is 1.56. The average Bonchev–Trinajstić information content (AvgIpc) is 2.70. The van der Waals surface area contributed by atoms with Crippen LogP contribution < -0.4 is 5.32 Å². The minimum Gasteiger partial charge on any atom is -0.478 e. The molecule has 17 heavy (non-hydrogen) atoms. The molecule has 0 unspecified atom stereocenters. The van der Waals surface area contributed by atoms with E-state index in [9.17, 15) is 4.79 Å². The minimum absolute atomic E-state index is 0.254. The van der Waals surface area contributed by atoms with Crippen molar-refractivity contribution in [2.24, 2.45) is 7.05 Å². The molecule has 1 aromatic heterocycles. The summed E-state index contributed by atoms with van der Waals surface area (Å²) in [6, 6.07) is 6.52. The van der Waals surface area contributed by atoms with E-state index in [1.54, 1.807) is 35.9 Å². The molecule has 0 aliphatic rings. The number of carboxylic acids is 1. The molecular weight excluding hydrogens is 220 g/mol. The largest absolute Gasteiger partial charge is 0.478 e. The lowest BCUT2D eigenvalue weighted by Gasteiger charge is -2.03. The standard InChI is InChI=1S/C11H12N4O2/c1-12-11-14-13-9(15(11)2)7-3-5-8(6-4-7)10(16)17/h3-6H,1-2H3,(H,12,14)(H,16,17). The van der Waals surface area contributed by atoms with Crippen molar-refractivity contribution in [2.45, 2.75) is 0 Å². The molecule has 0 aliphatic heterocycles. The van der Waals surface area contributed by atoms with Crippen LogP contribution in [0.4, 0.5) is 5.95 Å². The van der Waals surface area contributed by atoms with Gasteiger partial charge in [-0.15, -0.1) is 10.2 Å². The van der Waals surface area contributed by atoms with Crippen LogP contribution in [0.5, 0.6) is 0 Å². The number of carboxylic acid groups (broad SMARTS) is 1. The lowest BCUT2D eigenvalue weighted by atomic mass is 10.1. The van der Waals surface area contributed by atoms with E-state index in [0.29, 0.717) is 11.8 Å². The Morgan fingerprint density at radius 2 is 1.94 bits per heavy atom. The van der Waals surface area contributed by atoms with E-state index in [1.165, 1.54) is 0 Å². The monoisotopic (exact) mass is 232 g/mol. The number of aromatic nitrogens is 3. The zero-order valence-corrected chi connectivity index (χ0v) is 9.51. The predicted molar refractivity (Wildman–Crippen MR) is 62.9 cm³/mol. The van der Waals surface area contributed by atoms with Crippen LogP contribution in [0.2, 0.25) is 0 Å². The van der Waals surface area contributed by atoms with Crippen LogP contribution in [-0.2, 0) is 7.05 Å². The van der Waals surface area contributed by atoms with E-state index in [1.807, 2.05) is 7.05 Å². The van der Waals surface area contributed by atoms with E-state index >= 15 is 0 Å². The van der Waals surface area contributed by atoms with Crippen molar-refractivity contribution in [1.29, 1.82) is 0 Å². The maximum absolute atomic E-state index is 10.7. The van der Waals surface area contributed by atoms with Crippen LogP contribution in [0.25, 0.3) is 11.4 Å². The van der Waals surface area contributed by atoms with Crippen LogP contribution in [0.15, 0.2) is 24.3 Å². The number of carbonyl (C=O) groups is 1. The summed E-state index contributed by atoms with van der Waals surface area (Å²) in [6.45, 7) is 0. The Kier molecular flexibility index (Phi) is 2.78. The van der Waals surface area contributed by atoms with Gasteiger partial charge in [0.05, 0.1) is 5.56 Å². The van der Waals surface area contributed by atoms with Crippen molar-refractivity contribution >= 4 is 11.9 Å². The number of rotatable bonds is 3. The Morgan fingerprint density at radius 3 is 2.41 bits per heavy atom. The molecule has 2 rings (SSSR count). The molecule has 2 aromatic rings. The zero-order chi connectivity index (χ0) is 12.4. The highest BCUT2D eigenvalue weighted by Gasteiger charge is 2.10. The van der Waals surface area contributed by atoms with Crippen molar-refractivity contribution in [3.05, 3.63) is 29.8 Å². The zero-order valence-electron chi connectivity index (χ0n) is 9.51. The lowest BCUT2D eigenvalue weighted by Crippen LogP contribution is -2.00. The number of hydrogen-bond donors (Lipinski definition) is 2. The van der Waals surface area contributed by atoms with Gasteiger partial charge in [0.1, 0.15) is 0 Å². The van der Waals surface area contributed by atoms with Gasteiger partial charge < -0.3 is 10.4 Å².